The van der Waals surface area contributed by atoms with E-state index in [1.165, 1.54) is 9.80 Å². The summed E-state index contributed by atoms with van der Waals surface area (Å²) in [6.07, 6.45) is -2.21. The summed E-state index contributed by atoms with van der Waals surface area (Å²) in [5.41, 5.74) is -0.955. The first-order valence-corrected chi connectivity index (χ1v) is 11.0. The van der Waals surface area contributed by atoms with Gasteiger partial charge >= 0.3 is 18.3 Å². The van der Waals surface area contributed by atoms with Crippen molar-refractivity contribution >= 4 is 29.7 Å². The summed E-state index contributed by atoms with van der Waals surface area (Å²) >= 11 is 0. The lowest BCUT2D eigenvalue weighted by Gasteiger charge is -2.37. The van der Waals surface area contributed by atoms with Crippen LogP contribution in [0.4, 0.5) is 34.5 Å². The molecule has 1 unspecified atom stereocenters. The van der Waals surface area contributed by atoms with Crippen molar-refractivity contribution in [3.05, 3.63) is 23.8 Å². The number of halogens is 2. The van der Waals surface area contributed by atoms with Gasteiger partial charge in [-0.3, -0.25) is 4.90 Å². The lowest BCUT2D eigenvalue weighted by atomic mass is 10.1. The Balaban J connectivity index is 1.69. The van der Waals surface area contributed by atoms with Gasteiger partial charge in [0.05, 0.1) is 12.3 Å². The number of anilines is 2. The molecule has 2 saturated heterocycles. The molecule has 0 saturated carbocycles. The fourth-order valence-electron chi connectivity index (χ4n) is 3.66. The van der Waals surface area contributed by atoms with Crippen molar-refractivity contribution < 1.29 is 42.1 Å². The van der Waals surface area contributed by atoms with Gasteiger partial charge in [0, 0.05) is 38.3 Å². The molecule has 2 fully saturated rings. The van der Waals surface area contributed by atoms with Crippen LogP contribution >= 0.6 is 0 Å². The monoisotopic (exact) mass is 485 g/mol. The van der Waals surface area contributed by atoms with Gasteiger partial charge in [-0.1, -0.05) is 0 Å². The van der Waals surface area contributed by atoms with Crippen LogP contribution in [0.5, 0.6) is 0 Å². The largest absolute Gasteiger partial charge is 0.508 e. The van der Waals surface area contributed by atoms with Gasteiger partial charge < -0.3 is 28.7 Å². The molecule has 2 heterocycles. The highest BCUT2D eigenvalue weighted by Gasteiger charge is 2.37. The normalized spacial score (nSPS) is 18.6. The van der Waals surface area contributed by atoms with E-state index in [-0.39, 0.29) is 57.4 Å². The second kappa shape index (κ2) is 10.3. The Kier molecular flexibility index (Phi) is 7.68. The van der Waals surface area contributed by atoms with E-state index in [1.807, 2.05) is 0 Å². The van der Waals surface area contributed by atoms with Crippen LogP contribution in [0.2, 0.25) is 0 Å². The van der Waals surface area contributed by atoms with E-state index < -0.39 is 41.6 Å². The first kappa shape index (κ1) is 25.3. The van der Waals surface area contributed by atoms with Crippen LogP contribution < -0.4 is 9.80 Å². The van der Waals surface area contributed by atoms with Crippen molar-refractivity contribution in [2.24, 2.45) is 0 Å². The number of amides is 2. The molecule has 0 bridgehead atoms. The summed E-state index contributed by atoms with van der Waals surface area (Å²) in [7, 11) is 0. The SMILES string of the molecule is CCOC(=O)OCC1COC(=O)N1c1cc(F)c(N2CCN(C(=O)OC(C)(C)C)CC2)c(F)c1. The van der Waals surface area contributed by atoms with E-state index in [1.54, 1.807) is 27.7 Å². The third-order valence-electron chi connectivity index (χ3n) is 5.14. The highest BCUT2D eigenvalue weighted by atomic mass is 19.1. The van der Waals surface area contributed by atoms with Gasteiger partial charge in [-0.2, -0.15) is 0 Å². The summed E-state index contributed by atoms with van der Waals surface area (Å²) in [5, 5.41) is 0. The van der Waals surface area contributed by atoms with Crippen molar-refractivity contribution in [3.8, 4) is 0 Å². The fraction of sp³-hybridized carbons (Fsp3) is 0.591. The molecule has 12 heteroatoms. The quantitative estimate of drug-likeness (QED) is 0.462. The predicted molar refractivity (Wildman–Crippen MR) is 117 cm³/mol. The number of piperazine rings is 1. The van der Waals surface area contributed by atoms with Crippen LogP contribution in [-0.2, 0) is 18.9 Å². The number of nitrogens with zero attached hydrogens (tertiary/aromatic N) is 3. The Hall–Kier alpha value is -3.31. The molecule has 1 atom stereocenters. The summed E-state index contributed by atoms with van der Waals surface area (Å²) in [5.74, 6) is -1.74. The highest BCUT2D eigenvalue weighted by Crippen LogP contribution is 2.32. The average Bonchev–Trinajstić information content (AvgIpc) is 3.11. The van der Waals surface area contributed by atoms with Crippen molar-refractivity contribution in [1.82, 2.24) is 4.90 Å². The third-order valence-corrected chi connectivity index (χ3v) is 5.14. The minimum Gasteiger partial charge on any atom is -0.447 e. The summed E-state index contributed by atoms with van der Waals surface area (Å²) < 4.78 is 50.0. The fourth-order valence-corrected chi connectivity index (χ4v) is 3.66. The standard InChI is InChI=1S/C22H29F2N3O7/c1-5-31-21(30)33-13-15-12-32-20(29)27(15)14-10-16(23)18(17(24)11-14)25-6-8-26(9-7-25)19(28)34-22(2,3)4/h10-11,15H,5-9,12-13H2,1-4H3. The first-order valence-electron chi connectivity index (χ1n) is 11.0. The summed E-state index contributed by atoms with van der Waals surface area (Å²) in [6.45, 7) is 7.52. The Morgan fingerprint density at radius 2 is 1.71 bits per heavy atom. The molecule has 3 rings (SSSR count). The Morgan fingerprint density at radius 1 is 1.09 bits per heavy atom. The lowest BCUT2D eigenvalue weighted by molar-refractivity contribution is 0.0240. The van der Waals surface area contributed by atoms with Gasteiger partial charge in [0.15, 0.2) is 11.6 Å². The van der Waals surface area contributed by atoms with Crippen LogP contribution in [0.1, 0.15) is 27.7 Å². The molecule has 1 aromatic rings. The van der Waals surface area contributed by atoms with E-state index in [0.717, 1.165) is 17.0 Å². The van der Waals surface area contributed by atoms with Crippen LogP contribution in [0.3, 0.4) is 0 Å². The molecule has 34 heavy (non-hydrogen) atoms. The second-order valence-corrected chi connectivity index (χ2v) is 8.81. The van der Waals surface area contributed by atoms with Crippen LogP contribution in [0, 0.1) is 11.6 Å². The molecular formula is C22H29F2N3O7. The molecule has 1 aromatic carbocycles. The Morgan fingerprint density at radius 3 is 2.26 bits per heavy atom. The zero-order valence-corrected chi connectivity index (χ0v) is 19.6. The lowest BCUT2D eigenvalue weighted by Crippen LogP contribution is -2.50. The van der Waals surface area contributed by atoms with Crippen molar-refractivity contribution in [2.75, 3.05) is 55.8 Å². The number of rotatable bonds is 5. The van der Waals surface area contributed by atoms with E-state index in [2.05, 4.69) is 4.74 Å². The average molecular weight is 485 g/mol. The zero-order valence-electron chi connectivity index (χ0n) is 19.6. The van der Waals surface area contributed by atoms with E-state index in [4.69, 9.17) is 14.2 Å². The predicted octanol–water partition coefficient (Wildman–Crippen LogP) is 3.52. The molecule has 2 aliphatic rings. The molecule has 188 valence electrons. The highest BCUT2D eigenvalue weighted by molar-refractivity contribution is 5.90. The molecule has 2 aliphatic heterocycles. The number of cyclic esters (lactones) is 1. The van der Waals surface area contributed by atoms with Gasteiger partial charge in [-0.25, -0.2) is 23.2 Å². The topological polar surface area (TPSA) is 97.9 Å². The van der Waals surface area contributed by atoms with Crippen molar-refractivity contribution in [1.29, 1.82) is 0 Å². The number of carbonyl (C=O) groups is 3. The molecule has 0 radical (unpaired) electrons. The second-order valence-electron chi connectivity index (χ2n) is 8.81. The maximum atomic E-state index is 15.0. The zero-order chi connectivity index (χ0) is 25.0. The number of hydrogen-bond acceptors (Lipinski definition) is 8. The maximum Gasteiger partial charge on any atom is 0.508 e. The molecular weight excluding hydrogens is 456 g/mol. The molecule has 0 aromatic heterocycles. The summed E-state index contributed by atoms with van der Waals surface area (Å²) in [4.78, 5) is 39.9. The molecule has 10 nitrogen and oxygen atoms in total. The minimum atomic E-state index is -0.917. The number of benzene rings is 1. The van der Waals surface area contributed by atoms with Crippen LogP contribution in [-0.4, -0.2) is 80.9 Å². The Bertz CT molecular complexity index is 907. The number of carbonyl (C=O) groups excluding carboxylic acids is 3. The van der Waals surface area contributed by atoms with Crippen molar-refractivity contribution in [3.63, 3.8) is 0 Å². The van der Waals surface area contributed by atoms with Gasteiger partial charge in [0.2, 0.25) is 0 Å². The van der Waals surface area contributed by atoms with Gasteiger partial charge in [-0.05, 0) is 27.7 Å². The number of hydrogen-bond donors (Lipinski definition) is 0. The summed E-state index contributed by atoms with van der Waals surface area (Å²) in [6, 6.07) is 1.30. The smallest absolute Gasteiger partial charge is 0.447 e. The van der Waals surface area contributed by atoms with E-state index in [0.29, 0.717) is 0 Å². The van der Waals surface area contributed by atoms with Crippen LogP contribution in [0.15, 0.2) is 12.1 Å². The van der Waals surface area contributed by atoms with E-state index in [9.17, 15) is 14.4 Å². The van der Waals surface area contributed by atoms with Gasteiger partial charge in [0.25, 0.3) is 0 Å². The molecule has 0 aliphatic carbocycles. The Labute approximate surface area is 196 Å². The van der Waals surface area contributed by atoms with Gasteiger partial charge in [0.1, 0.15) is 30.5 Å². The first-order chi connectivity index (χ1) is 16.0. The number of ether oxygens (including phenoxy) is 4. The third kappa shape index (κ3) is 5.97. The molecule has 2 amide bonds. The van der Waals surface area contributed by atoms with Crippen molar-refractivity contribution in [2.45, 2.75) is 39.3 Å². The molecule has 0 N–H and O–H groups in total. The maximum absolute atomic E-state index is 15.0. The van der Waals surface area contributed by atoms with Gasteiger partial charge in [-0.15, -0.1) is 0 Å². The minimum absolute atomic E-state index is 0.0638. The molecule has 0 spiro atoms. The van der Waals surface area contributed by atoms with Crippen LogP contribution in [0.25, 0.3) is 0 Å². The van der Waals surface area contributed by atoms with E-state index >= 15 is 8.78 Å².